The van der Waals surface area contributed by atoms with E-state index >= 15 is 0 Å². The predicted octanol–water partition coefficient (Wildman–Crippen LogP) is 2.51. The van der Waals surface area contributed by atoms with Crippen molar-refractivity contribution < 1.29 is 12.9 Å². The van der Waals surface area contributed by atoms with Gasteiger partial charge < -0.3 is 4.52 Å². The molecular formula is C15H13N3O3S. The van der Waals surface area contributed by atoms with Gasteiger partial charge in [0, 0.05) is 18.0 Å². The minimum atomic E-state index is -3.48. The quantitative estimate of drug-likeness (QED) is 0.690. The Morgan fingerprint density at radius 2 is 1.82 bits per heavy atom. The number of sulfone groups is 1. The van der Waals surface area contributed by atoms with E-state index in [4.69, 9.17) is 4.52 Å². The summed E-state index contributed by atoms with van der Waals surface area (Å²) in [4.78, 5) is 7.94. The molecule has 0 bridgehead atoms. The van der Waals surface area contributed by atoms with Gasteiger partial charge in [0.1, 0.15) is 0 Å². The zero-order chi connectivity index (χ0) is 15.7. The maximum Gasteiger partial charge on any atom is 0.247 e. The van der Waals surface area contributed by atoms with E-state index in [2.05, 4.69) is 15.1 Å². The Bertz CT molecular complexity index is 918. The third kappa shape index (κ3) is 2.62. The lowest BCUT2D eigenvalue weighted by atomic mass is 10.0. The molecular weight excluding hydrogens is 302 g/mol. The Balaban J connectivity index is 2.20. The first kappa shape index (κ1) is 14.4. The Kier molecular flexibility index (Phi) is 3.50. The van der Waals surface area contributed by atoms with E-state index in [-0.39, 0.29) is 5.16 Å². The fourth-order valence-corrected chi connectivity index (χ4v) is 2.63. The lowest BCUT2D eigenvalue weighted by molar-refractivity contribution is 0.427. The molecule has 0 N–H and O–H groups in total. The summed E-state index contributed by atoms with van der Waals surface area (Å²) in [6, 6.07) is 11.1. The Hall–Kier alpha value is -2.54. The molecule has 0 atom stereocenters. The van der Waals surface area contributed by atoms with Crippen LogP contribution in [0.4, 0.5) is 0 Å². The van der Waals surface area contributed by atoms with Gasteiger partial charge in [-0.15, -0.1) is 0 Å². The van der Waals surface area contributed by atoms with Gasteiger partial charge in [0.15, 0.2) is 5.76 Å². The van der Waals surface area contributed by atoms with E-state index in [0.29, 0.717) is 22.7 Å². The highest BCUT2D eigenvalue weighted by molar-refractivity contribution is 7.90. The number of hydrogen-bond acceptors (Lipinski definition) is 6. The average molecular weight is 315 g/mol. The highest BCUT2D eigenvalue weighted by atomic mass is 32.2. The van der Waals surface area contributed by atoms with Gasteiger partial charge in [-0.2, -0.15) is 0 Å². The summed E-state index contributed by atoms with van der Waals surface area (Å²) in [6.07, 6.45) is 2.49. The first-order chi connectivity index (χ1) is 10.5. The van der Waals surface area contributed by atoms with Crippen molar-refractivity contribution in [2.75, 3.05) is 6.26 Å². The third-order valence-corrected chi connectivity index (χ3v) is 3.98. The number of nitrogens with zero attached hydrogens (tertiary/aromatic N) is 3. The molecule has 0 aliphatic rings. The van der Waals surface area contributed by atoms with Crippen LogP contribution >= 0.6 is 0 Å². The number of rotatable bonds is 3. The van der Waals surface area contributed by atoms with Crippen LogP contribution in [-0.4, -0.2) is 29.8 Å². The molecule has 7 heteroatoms. The summed E-state index contributed by atoms with van der Waals surface area (Å²) < 4.78 is 28.7. The number of benzene rings is 1. The molecule has 0 aliphatic heterocycles. The Labute approximate surface area is 127 Å². The molecule has 3 aromatic rings. The first-order valence-electron chi connectivity index (χ1n) is 6.52. The zero-order valence-electron chi connectivity index (χ0n) is 12.0. The molecule has 0 saturated heterocycles. The van der Waals surface area contributed by atoms with Crippen molar-refractivity contribution in [1.29, 1.82) is 0 Å². The second-order valence-electron chi connectivity index (χ2n) is 4.83. The van der Waals surface area contributed by atoms with Crippen molar-refractivity contribution in [2.45, 2.75) is 12.1 Å². The molecule has 1 aromatic carbocycles. The van der Waals surface area contributed by atoms with E-state index in [1.165, 1.54) is 6.20 Å². The van der Waals surface area contributed by atoms with Crippen molar-refractivity contribution in [3.63, 3.8) is 0 Å². The lowest BCUT2D eigenvalue weighted by Crippen LogP contribution is -2.04. The molecule has 0 aliphatic carbocycles. The van der Waals surface area contributed by atoms with Gasteiger partial charge in [-0.05, 0) is 13.0 Å². The van der Waals surface area contributed by atoms with Crippen LogP contribution in [0.15, 0.2) is 52.3 Å². The lowest BCUT2D eigenvalue weighted by Gasteiger charge is -2.03. The highest BCUT2D eigenvalue weighted by Gasteiger charge is 2.20. The molecule has 0 unspecified atom stereocenters. The molecule has 0 radical (unpaired) electrons. The third-order valence-electron chi connectivity index (χ3n) is 3.12. The number of aryl methyl sites for hydroxylation is 1. The molecule has 112 valence electrons. The van der Waals surface area contributed by atoms with Crippen molar-refractivity contribution >= 4 is 9.84 Å². The number of hydrogen-bond donors (Lipinski definition) is 0. The first-order valence-corrected chi connectivity index (χ1v) is 8.41. The fourth-order valence-electron chi connectivity index (χ4n) is 2.12. The summed E-state index contributed by atoms with van der Waals surface area (Å²) in [5.74, 6) is 0.552. The summed E-state index contributed by atoms with van der Waals surface area (Å²) in [5.41, 5.74) is 2.61. The second kappa shape index (κ2) is 5.34. The van der Waals surface area contributed by atoms with Crippen molar-refractivity contribution in [1.82, 2.24) is 15.1 Å². The standard InChI is InChI=1S/C15H13N3O3S/c1-10-13(12-8-9-16-15(17-12)22(2,19)20)14(21-18-10)11-6-4-3-5-7-11/h3-9H,1-2H3. The Morgan fingerprint density at radius 1 is 1.09 bits per heavy atom. The molecule has 0 fully saturated rings. The summed E-state index contributed by atoms with van der Waals surface area (Å²) in [6.45, 7) is 1.79. The molecule has 3 rings (SSSR count). The van der Waals surface area contributed by atoms with Crippen LogP contribution in [0.1, 0.15) is 5.69 Å². The maximum absolute atomic E-state index is 11.6. The van der Waals surface area contributed by atoms with Gasteiger partial charge in [-0.3, -0.25) is 0 Å². The van der Waals surface area contributed by atoms with Crippen LogP contribution in [-0.2, 0) is 9.84 Å². The highest BCUT2D eigenvalue weighted by Crippen LogP contribution is 2.33. The van der Waals surface area contributed by atoms with Gasteiger partial charge in [0.2, 0.25) is 15.0 Å². The smallest absolute Gasteiger partial charge is 0.247 e. The molecule has 22 heavy (non-hydrogen) atoms. The van der Waals surface area contributed by atoms with E-state index in [1.807, 2.05) is 30.3 Å². The fraction of sp³-hybridized carbons (Fsp3) is 0.133. The van der Waals surface area contributed by atoms with Crippen LogP contribution < -0.4 is 0 Å². The molecule has 6 nitrogen and oxygen atoms in total. The zero-order valence-corrected chi connectivity index (χ0v) is 12.8. The summed E-state index contributed by atoms with van der Waals surface area (Å²) >= 11 is 0. The average Bonchev–Trinajstić information content (AvgIpc) is 2.89. The van der Waals surface area contributed by atoms with Gasteiger partial charge in [-0.25, -0.2) is 18.4 Å². The van der Waals surface area contributed by atoms with Crippen LogP contribution in [0.2, 0.25) is 0 Å². The topological polar surface area (TPSA) is 86.0 Å². The van der Waals surface area contributed by atoms with Crippen LogP contribution in [0, 0.1) is 6.92 Å². The van der Waals surface area contributed by atoms with E-state index in [0.717, 1.165) is 11.8 Å². The molecule has 2 heterocycles. The minimum Gasteiger partial charge on any atom is -0.355 e. The molecule has 0 saturated carbocycles. The van der Waals surface area contributed by atoms with Crippen molar-refractivity contribution in [3.05, 3.63) is 48.3 Å². The summed E-state index contributed by atoms with van der Waals surface area (Å²) in [7, 11) is -3.48. The largest absolute Gasteiger partial charge is 0.355 e. The summed E-state index contributed by atoms with van der Waals surface area (Å²) in [5, 5.41) is 3.76. The minimum absolute atomic E-state index is 0.218. The van der Waals surface area contributed by atoms with Gasteiger partial charge in [0.05, 0.1) is 17.0 Å². The van der Waals surface area contributed by atoms with E-state index < -0.39 is 9.84 Å². The van der Waals surface area contributed by atoms with E-state index in [9.17, 15) is 8.42 Å². The van der Waals surface area contributed by atoms with E-state index in [1.54, 1.807) is 13.0 Å². The monoisotopic (exact) mass is 315 g/mol. The molecule has 0 spiro atoms. The van der Waals surface area contributed by atoms with Gasteiger partial charge >= 0.3 is 0 Å². The van der Waals surface area contributed by atoms with Crippen molar-refractivity contribution in [2.24, 2.45) is 0 Å². The predicted molar refractivity (Wildman–Crippen MR) is 80.8 cm³/mol. The van der Waals surface area contributed by atoms with Gasteiger partial charge in [-0.1, -0.05) is 35.5 Å². The molecule has 0 amide bonds. The number of aromatic nitrogens is 3. The maximum atomic E-state index is 11.6. The van der Waals surface area contributed by atoms with Crippen LogP contribution in [0.3, 0.4) is 0 Å². The molecule has 2 aromatic heterocycles. The van der Waals surface area contributed by atoms with Crippen molar-refractivity contribution in [3.8, 4) is 22.6 Å². The van der Waals surface area contributed by atoms with Crippen LogP contribution in [0.25, 0.3) is 22.6 Å². The Morgan fingerprint density at radius 3 is 2.50 bits per heavy atom. The van der Waals surface area contributed by atoms with Crippen LogP contribution in [0.5, 0.6) is 0 Å². The SMILES string of the molecule is Cc1noc(-c2ccccc2)c1-c1ccnc(S(C)(=O)=O)n1. The second-order valence-corrected chi connectivity index (χ2v) is 6.74. The normalized spacial score (nSPS) is 11.5. The van der Waals surface area contributed by atoms with Gasteiger partial charge in [0.25, 0.3) is 0 Å².